The molecule has 1 saturated carbocycles. The molecule has 2 rings (SSSR count). The number of nitrogens with zero attached hydrogens (tertiary/aromatic N) is 1. The fourth-order valence-electron chi connectivity index (χ4n) is 2.41. The van der Waals surface area contributed by atoms with Crippen molar-refractivity contribution >= 4 is 0 Å². The molecule has 1 heteroatoms. The van der Waals surface area contributed by atoms with Crippen LogP contribution in [0.25, 0.3) is 0 Å². The van der Waals surface area contributed by atoms with Crippen LogP contribution in [0.1, 0.15) is 45.4 Å². The van der Waals surface area contributed by atoms with E-state index in [1.54, 1.807) is 0 Å². The van der Waals surface area contributed by atoms with E-state index in [4.69, 9.17) is 0 Å². The van der Waals surface area contributed by atoms with Crippen LogP contribution in [-0.2, 0) is 0 Å². The van der Waals surface area contributed by atoms with Crippen molar-refractivity contribution in [1.29, 1.82) is 0 Å². The molecule has 1 nitrogen and oxygen atoms in total. The zero-order valence-electron chi connectivity index (χ0n) is 8.50. The lowest BCUT2D eigenvalue weighted by Gasteiger charge is -2.42. The molecule has 2 aliphatic rings. The van der Waals surface area contributed by atoms with Crippen molar-refractivity contribution in [1.82, 2.24) is 4.90 Å². The van der Waals surface area contributed by atoms with E-state index in [9.17, 15) is 0 Å². The summed E-state index contributed by atoms with van der Waals surface area (Å²) in [4.78, 5) is 2.41. The van der Waals surface area contributed by atoms with Gasteiger partial charge in [0.25, 0.3) is 0 Å². The third-order valence-corrected chi connectivity index (χ3v) is 3.36. The van der Waals surface area contributed by atoms with Crippen molar-refractivity contribution in [2.24, 2.45) is 0 Å². The van der Waals surface area contributed by atoms with Gasteiger partial charge in [0.05, 0.1) is 0 Å². The SMILES string of the molecule is CC1(N2C=CCC=C2)CCCCC1. The maximum Gasteiger partial charge on any atom is 0.0411 e. The molecule has 72 valence electrons. The van der Waals surface area contributed by atoms with Gasteiger partial charge in [0.2, 0.25) is 0 Å². The van der Waals surface area contributed by atoms with Gasteiger partial charge in [-0.2, -0.15) is 0 Å². The molecular formula is C12H19N. The van der Waals surface area contributed by atoms with Crippen LogP contribution in [0.2, 0.25) is 0 Å². The van der Waals surface area contributed by atoms with Gasteiger partial charge in [-0.15, -0.1) is 0 Å². The maximum absolute atomic E-state index is 2.41. The highest BCUT2D eigenvalue weighted by atomic mass is 15.2. The van der Waals surface area contributed by atoms with Gasteiger partial charge in [0.15, 0.2) is 0 Å². The monoisotopic (exact) mass is 177 g/mol. The van der Waals surface area contributed by atoms with Gasteiger partial charge in [0, 0.05) is 17.9 Å². The highest BCUT2D eigenvalue weighted by Crippen LogP contribution is 2.34. The fourth-order valence-corrected chi connectivity index (χ4v) is 2.41. The van der Waals surface area contributed by atoms with E-state index in [0.29, 0.717) is 5.54 Å². The molecule has 0 amide bonds. The molecule has 0 N–H and O–H groups in total. The van der Waals surface area contributed by atoms with Crippen molar-refractivity contribution in [2.75, 3.05) is 0 Å². The summed E-state index contributed by atoms with van der Waals surface area (Å²) in [6, 6.07) is 0. The molecular weight excluding hydrogens is 158 g/mol. The van der Waals surface area contributed by atoms with E-state index in [2.05, 4.69) is 36.4 Å². The topological polar surface area (TPSA) is 3.24 Å². The van der Waals surface area contributed by atoms with Crippen LogP contribution < -0.4 is 0 Å². The highest BCUT2D eigenvalue weighted by molar-refractivity contribution is 5.08. The first-order valence-corrected chi connectivity index (χ1v) is 5.43. The zero-order chi connectivity index (χ0) is 9.15. The quantitative estimate of drug-likeness (QED) is 0.593. The number of rotatable bonds is 1. The van der Waals surface area contributed by atoms with Crippen LogP contribution in [0.3, 0.4) is 0 Å². The first kappa shape index (κ1) is 8.86. The van der Waals surface area contributed by atoms with E-state index >= 15 is 0 Å². The molecule has 1 heterocycles. The zero-order valence-corrected chi connectivity index (χ0v) is 8.50. The Hall–Kier alpha value is -0.720. The second-order valence-electron chi connectivity index (χ2n) is 4.47. The lowest BCUT2D eigenvalue weighted by molar-refractivity contribution is 0.159. The van der Waals surface area contributed by atoms with Crippen molar-refractivity contribution < 1.29 is 0 Å². The molecule has 0 aromatic rings. The summed E-state index contributed by atoms with van der Waals surface area (Å²) < 4.78 is 0. The summed E-state index contributed by atoms with van der Waals surface area (Å²) >= 11 is 0. The van der Waals surface area contributed by atoms with Crippen LogP contribution in [0.5, 0.6) is 0 Å². The summed E-state index contributed by atoms with van der Waals surface area (Å²) in [6.45, 7) is 2.40. The molecule has 0 aromatic heterocycles. The average molecular weight is 177 g/mol. The molecule has 0 radical (unpaired) electrons. The van der Waals surface area contributed by atoms with Crippen LogP contribution in [0.15, 0.2) is 24.6 Å². The molecule has 1 aliphatic carbocycles. The van der Waals surface area contributed by atoms with E-state index in [1.165, 1.54) is 32.1 Å². The van der Waals surface area contributed by atoms with E-state index in [1.807, 2.05) is 0 Å². The number of hydrogen-bond donors (Lipinski definition) is 0. The molecule has 0 aromatic carbocycles. The van der Waals surface area contributed by atoms with Gasteiger partial charge in [-0.1, -0.05) is 31.4 Å². The van der Waals surface area contributed by atoms with E-state index in [-0.39, 0.29) is 0 Å². The summed E-state index contributed by atoms with van der Waals surface area (Å²) in [6.07, 6.45) is 17.0. The molecule has 1 aliphatic heterocycles. The normalized spacial score (nSPS) is 26.4. The lowest BCUT2D eigenvalue weighted by atomic mass is 9.82. The second kappa shape index (κ2) is 3.57. The molecule has 0 saturated heterocycles. The van der Waals surface area contributed by atoms with Crippen molar-refractivity contribution in [3.63, 3.8) is 0 Å². The molecule has 13 heavy (non-hydrogen) atoms. The Balaban J connectivity index is 2.07. The largest absolute Gasteiger partial charge is 0.349 e. The third-order valence-electron chi connectivity index (χ3n) is 3.36. The Morgan fingerprint density at radius 1 is 1.00 bits per heavy atom. The van der Waals surface area contributed by atoms with Crippen LogP contribution in [-0.4, -0.2) is 10.4 Å². The molecule has 1 fully saturated rings. The fraction of sp³-hybridized carbons (Fsp3) is 0.667. The van der Waals surface area contributed by atoms with Gasteiger partial charge in [-0.05, 0) is 26.2 Å². The van der Waals surface area contributed by atoms with Crippen molar-refractivity contribution in [3.05, 3.63) is 24.6 Å². The Morgan fingerprint density at radius 2 is 1.62 bits per heavy atom. The van der Waals surface area contributed by atoms with Gasteiger partial charge < -0.3 is 4.90 Å². The summed E-state index contributed by atoms with van der Waals surface area (Å²) in [5.74, 6) is 0. The Labute approximate surface area is 81.1 Å². The number of hydrogen-bond acceptors (Lipinski definition) is 1. The Kier molecular flexibility index (Phi) is 2.43. The second-order valence-corrected chi connectivity index (χ2v) is 4.47. The molecule has 0 bridgehead atoms. The van der Waals surface area contributed by atoms with Crippen LogP contribution >= 0.6 is 0 Å². The standard InChI is InChI=1S/C12H19N/c1-12(8-4-2-5-9-12)13-10-6-3-7-11-13/h6-7,10-11H,2-5,8-9H2,1H3. The first-order valence-electron chi connectivity index (χ1n) is 5.43. The van der Waals surface area contributed by atoms with Crippen LogP contribution in [0.4, 0.5) is 0 Å². The van der Waals surface area contributed by atoms with Crippen molar-refractivity contribution in [2.45, 2.75) is 51.0 Å². The van der Waals surface area contributed by atoms with Gasteiger partial charge in [0.1, 0.15) is 0 Å². The predicted octanol–water partition coefficient (Wildman–Crippen LogP) is 3.44. The van der Waals surface area contributed by atoms with Crippen LogP contribution in [0, 0.1) is 0 Å². The first-order chi connectivity index (χ1) is 6.31. The van der Waals surface area contributed by atoms with Gasteiger partial charge in [-0.3, -0.25) is 0 Å². The van der Waals surface area contributed by atoms with Gasteiger partial charge >= 0.3 is 0 Å². The third kappa shape index (κ3) is 1.79. The summed E-state index contributed by atoms with van der Waals surface area (Å²) in [7, 11) is 0. The Morgan fingerprint density at radius 3 is 2.23 bits per heavy atom. The highest BCUT2D eigenvalue weighted by Gasteiger charge is 2.30. The Bertz CT molecular complexity index is 209. The summed E-state index contributed by atoms with van der Waals surface area (Å²) in [5, 5.41) is 0. The van der Waals surface area contributed by atoms with Crippen molar-refractivity contribution in [3.8, 4) is 0 Å². The minimum Gasteiger partial charge on any atom is -0.349 e. The molecule has 0 atom stereocenters. The smallest absolute Gasteiger partial charge is 0.0411 e. The number of allylic oxidation sites excluding steroid dienone is 2. The molecule has 0 unspecified atom stereocenters. The van der Waals surface area contributed by atoms with E-state index < -0.39 is 0 Å². The molecule has 0 spiro atoms. The van der Waals surface area contributed by atoms with E-state index in [0.717, 1.165) is 6.42 Å². The minimum absolute atomic E-state index is 0.408. The lowest BCUT2D eigenvalue weighted by Crippen LogP contribution is -2.41. The predicted molar refractivity (Wildman–Crippen MR) is 56.2 cm³/mol. The van der Waals surface area contributed by atoms with Gasteiger partial charge in [-0.25, -0.2) is 0 Å². The summed E-state index contributed by atoms with van der Waals surface area (Å²) in [5.41, 5.74) is 0.408. The minimum atomic E-state index is 0.408. The average Bonchev–Trinajstić information content (AvgIpc) is 2.20. The maximum atomic E-state index is 2.41.